The van der Waals surface area contributed by atoms with Gasteiger partial charge in [-0.3, -0.25) is 19.3 Å². The van der Waals surface area contributed by atoms with Crippen LogP contribution in [0.1, 0.15) is 71.8 Å². The molecule has 0 aliphatic carbocycles. The van der Waals surface area contributed by atoms with Crippen molar-refractivity contribution in [3.63, 3.8) is 0 Å². The van der Waals surface area contributed by atoms with E-state index in [-0.39, 0.29) is 17.6 Å². The molecule has 8 heteroatoms. The van der Waals surface area contributed by atoms with Crippen molar-refractivity contribution in [3.8, 4) is 11.1 Å². The first-order valence-electron chi connectivity index (χ1n) is 12.2. The largest absolute Gasteiger partial charge is 0.363 e. The molecule has 0 radical (unpaired) electrons. The third kappa shape index (κ3) is 4.82. The summed E-state index contributed by atoms with van der Waals surface area (Å²) in [6, 6.07) is 14.3. The van der Waals surface area contributed by atoms with Crippen molar-refractivity contribution in [1.82, 2.24) is 10.3 Å². The van der Waals surface area contributed by atoms with Crippen LogP contribution in [0.4, 0.5) is 5.69 Å². The molecule has 2 amide bonds. The number of anilines is 1. The number of hydrogen-bond donors (Lipinski definition) is 4. The summed E-state index contributed by atoms with van der Waals surface area (Å²) in [4.78, 5) is 43.9. The second-order valence-corrected chi connectivity index (χ2v) is 9.66. The standard InChI is InChI=1S/C28H33N5O3/c1-4-31-27(36)20-8-5-7-19(25(35)28(2,3)30)24(20)17-11-13-18(14-12-17)26(29)33-22-15-16-32-21(22)9-6-10-23(33)34/h5,7-8,11-16,26,32H,4,6,9-10,29-30H2,1-3H3,(H,31,36). The summed E-state index contributed by atoms with van der Waals surface area (Å²) in [6.07, 6.45) is 3.12. The fourth-order valence-electron chi connectivity index (χ4n) is 4.64. The van der Waals surface area contributed by atoms with E-state index in [0.29, 0.717) is 35.2 Å². The fraction of sp³-hybridized carbons (Fsp3) is 0.321. The van der Waals surface area contributed by atoms with E-state index in [4.69, 9.17) is 11.5 Å². The first-order chi connectivity index (χ1) is 17.1. The van der Waals surface area contributed by atoms with Crippen LogP contribution in [-0.4, -0.2) is 34.7 Å². The van der Waals surface area contributed by atoms with Gasteiger partial charge in [-0.05, 0) is 56.9 Å². The van der Waals surface area contributed by atoms with Gasteiger partial charge in [0.15, 0.2) is 5.78 Å². The van der Waals surface area contributed by atoms with Crippen molar-refractivity contribution < 1.29 is 14.4 Å². The van der Waals surface area contributed by atoms with Crippen molar-refractivity contribution in [2.24, 2.45) is 11.5 Å². The lowest BCUT2D eigenvalue weighted by molar-refractivity contribution is -0.119. The third-order valence-electron chi connectivity index (χ3n) is 6.45. The SMILES string of the molecule is CCNC(=O)c1cccc(C(=O)C(C)(C)N)c1-c1ccc(C(N)N2C(=O)CCCc3[nH]ccc32)cc1. The minimum atomic E-state index is -1.11. The number of nitrogens with two attached hydrogens (primary N) is 2. The molecule has 8 nitrogen and oxygen atoms in total. The second-order valence-electron chi connectivity index (χ2n) is 9.66. The summed E-state index contributed by atoms with van der Waals surface area (Å²) in [5, 5.41) is 2.82. The minimum absolute atomic E-state index is 0.0235. The Balaban J connectivity index is 1.76. The number of benzene rings is 2. The lowest BCUT2D eigenvalue weighted by Crippen LogP contribution is -2.42. The number of ketones is 1. The Morgan fingerprint density at radius 2 is 1.78 bits per heavy atom. The van der Waals surface area contributed by atoms with Crippen LogP contribution in [-0.2, 0) is 11.2 Å². The van der Waals surface area contributed by atoms with E-state index in [9.17, 15) is 14.4 Å². The van der Waals surface area contributed by atoms with Crippen LogP contribution in [0, 0.1) is 0 Å². The van der Waals surface area contributed by atoms with Crippen LogP contribution >= 0.6 is 0 Å². The molecule has 4 rings (SSSR count). The average Bonchev–Trinajstić information content (AvgIpc) is 3.24. The van der Waals surface area contributed by atoms with Gasteiger partial charge in [0.2, 0.25) is 5.91 Å². The quantitative estimate of drug-likeness (QED) is 0.377. The monoisotopic (exact) mass is 487 g/mol. The Morgan fingerprint density at radius 1 is 1.08 bits per heavy atom. The Kier molecular flexibility index (Phi) is 7.10. The molecule has 6 N–H and O–H groups in total. The maximum Gasteiger partial charge on any atom is 0.251 e. The summed E-state index contributed by atoms with van der Waals surface area (Å²) >= 11 is 0. The Hall–Kier alpha value is -3.75. The number of nitrogens with one attached hydrogen (secondary N) is 2. The number of carbonyl (C=O) groups is 3. The number of nitrogens with zero attached hydrogens (tertiary/aromatic N) is 1. The van der Waals surface area contributed by atoms with Crippen molar-refractivity contribution in [3.05, 3.63) is 77.1 Å². The number of aromatic nitrogens is 1. The summed E-state index contributed by atoms with van der Waals surface area (Å²) in [7, 11) is 0. The van der Waals surface area contributed by atoms with Crippen LogP contribution in [0.15, 0.2) is 54.7 Å². The summed E-state index contributed by atoms with van der Waals surface area (Å²) in [5.74, 6) is -0.558. The van der Waals surface area contributed by atoms with E-state index >= 15 is 0 Å². The molecule has 3 aromatic rings. The molecule has 0 spiro atoms. The molecule has 0 bridgehead atoms. The van der Waals surface area contributed by atoms with Crippen molar-refractivity contribution in [2.45, 2.75) is 51.7 Å². The number of Topliss-reactive ketones (excluding diaryl/α,β-unsaturated/α-hetero) is 1. The highest BCUT2D eigenvalue weighted by molar-refractivity contribution is 6.12. The highest BCUT2D eigenvalue weighted by Crippen LogP contribution is 2.34. The lowest BCUT2D eigenvalue weighted by atomic mass is 9.85. The van der Waals surface area contributed by atoms with Gasteiger partial charge in [-0.2, -0.15) is 0 Å². The van der Waals surface area contributed by atoms with Gasteiger partial charge in [-0.15, -0.1) is 0 Å². The van der Waals surface area contributed by atoms with Gasteiger partial charge in [0.05, 0.1) is 11.2 Å². The molecule has 1 unspecified atom stereocenters. The van der Waals surface area contributed by atoms with E-state index < -0.39 is 11.7 Å². The number of aryl methyl sites for hydroxylation is 1. The predicted molar refractivity (Wildman–Crippen MR) is 141 cm³/mol. The molecule has 1 aliphatic rings. The van der Waals surface area contributed by atoms with E-state index in [0.717, 1.165) is 29.8 Å². The fourth-order valence-corrected chi connectivity index (χ4v) is 4.64. The van der Waals surface area contributed by atoms with Crippen LogP contribution in [0.3, 0.4) is 0 Å². The van der Waals surface area contributed by atoms with Crippen molar-refractivity contribution in [2.75, 3.05) is 11.4 Å². The van der Waals surface area contributed by atoms with Gasteiger partial charge in [0.1, 0.15) is 6.17 Å². The van der Waals surface area contributed by atoms with Gasteiger partial charge >= 0.3 is 0 Å². The average molecular weight is 488 g/mol. The number of rotatable bonds is 7. The van der Waals surface area contributed by atoms with Crippen molar-refractivity contribution >= 4 is 23.3 Å². The van der Waals surface area contributed by atoms with Crippen molar-refractivity contribution in [1.29, 1.82) is 0 Å². The molecular formula is C28H33N5O3. The highest BCUT2D eigenvalue weighted by atomic mass is 16.2. The summed E-state index contributed by atoms with van der Waals surface area (Å²) in [5.41, 5.74) is 16.1. The maximum atomic E-state index is 13.2. The number of aromatic amines is 1. The molecular weight excluding hydrogens is 454 g/mol. The first-order valence-corrected chi connectivity index (χ1v) is 12.2. The molecule has 0 saturated heterocycles. The number of fused-ring (bicyclic) bond motifs is 1. The van der Waals surface area contributed by atoms with E-state index in [1.165, 1.54) is 0 Å². The molecule has 36 heavy (non-hydrogen) atoms. The summed E-state index contributed by atoms with van der Waals surface area (Å²) < 4.78 is 0. The molecule has 0 fully saturated rings. The van der Waals surface area contributed by atoms with E-state index in [1.54, 1.807) is 36.9 Å². The van der Waals surface area contributed by atoms with Crippen LogP contribution < -0.4 is 21.7 Å². The van der Waals surface area contributed by atoms with E-state index in [1.807, 2.05) is 43.5 Å². The van der Waals surface area contributed by atoms with Crippen LogP contribution in [0.2, 0.25) is 0 Å². The molecule has 0 saturated carbocycles. The number of H-pyrrole nitrogens is 1. The second kappa shape index (κ2) is 10.1. The number of hydrogen-bond acceptors (Lipinski definition) is 5. The number of amides is 2. The van der Waals surface area contributed by atoms with E-state index in [2.05, 4.69) is 10.3 Å². The Morgan fingerprint density at radius 3 is 2.44 bits per heavy atom. The van der Waals surface area contributed by atoms with Gasteiger partial charge in [0, 0.05) is 41.5 Å². The predicted octanol–water partition coefficient (Wildman–Crippen LogP) is 3.68. The molecule has 1 aromatic heterocycles. The zero-order chi connectivity index (χ0) is 26.0. The third-order valence-corrected chi connectivity index (χ3v) is 6.45. The zero-order valence-electron chi connectivity index (χ0n) is 20.9. The Bertz CT molecular complexity index is 1290. The number of carbonyl (C=O) groups excluding carboxylic acids is 3. The minimum Gasteiger partial charge on any atom is -0.363 e. The Labute approximate surface area is 211 Å². The molecule has 1 aliphatic heterocycles. The van der Waals surface area contributed by atoms with Crippen LogP contribution in [0.25, 0.3) is 11.1 Å². The smallest absolute Gasteiger partial charge is 0.251 e. The molecule has 1 atom stereocenters. The lowest BCUT2D eigenvalue weighted by Gasteiger charge is -2.28. The molecule has 2 aromatic carbocycles. The topological polar surface area (TPSA) is 134 Å². The van der Waals surface area contributed by atoms with Crippen LogP contribution in [0.5, 0.6) is 0 Å². The van der Waals surface area contributed by atoms with Gasteiger partial charge in [0.25, 0.3) is 5.91 Å². The maximum absolute atomic E-state index is 13.2. The normalized spacial score (nSPS) is 14.7. The highest BCUT2D eigenvalue weighted by Gasteiger charge is 2.30. The van der Waals surface area contributed by atoms with Gasteiger partial charge in [-0.25, -0.2) is 0 Å². The summed E-state index contributed by atoms with van der Waals surface area (Å²) in [6.45, 7) is 5.59. The first kappa shape index (κ1) is 25.3. The van der Waals surface area contributed by atoms with Gasteiger partial charge < -0.3 is 21.8 Å². The van der Waals surface area contributed by atoms with Gasteiger partial charge in [-0.1, -0.05) is 36.4 Å². The zero-order valence-corrected chi connectivity index (χ0v) is 20.9. The molecule has 2 heterocycles. The molecule has 188 valence electrons.